The van der Waals surface area contributed by atoms with Crippen LogP contribution in [0.2, 0.25) is 0 Å². The van der Waals surface area contributed by atoms with E-state index in [1.54, 1.807) is 39.0 Å². The lowest BCUT2D eigenvalue weighted by molar-refractivity contribution is -0.137. The van der Waals surface area contributed by atoms with Gasteiger partial charge in [0.05, 0.1) is 7.11 Å². The second kappa shape index (κ2) is 6.51. The Labute approximate surface area is 134 Å². The molecule has 0 radical (unpaired) electrons. The highest BCUT2D eigenvalue weighted by Crippen LogP contribution is 2.31. The van der Waals surface area contributed by atoms with Crippen molar-refractivity contribution in [3.05, 3.63) is 30.9 Å². The Morgan fingerprint density at radius 3 is 2.52 bits per heavy atom. The molecule has 1 aromatic heterocycles. The van der Waals surface area contributed by atoms with Gasteiger partial charge >= 0.3 is 11.8 Å². The quantitative estimate of drug-likeness (QED) is 0.847. The van der Waals surface area contributed by atoms with Crippen molar-refractivity contribution in [1.29, 1.82) is 0 Å². The third kappa shape index (κ3) is 4.32. The zero-order chi connectivity index (χ0) is 17.0. The highest BCUT2D eigenvalue weighted by atomic mass is 16.5. The van der Waals surface area contributed by atoms with Gasteiger partial charge in [-0.2, -0.15) is 0 Å². The molecule has 0 atom stereocenters. The number of nitrogens with one attached hydrogen (secondary N) is 2. The van der Waals surface area contributed by atoms with E-state index in [1.165, 1.54) is 19.8 Å². The van der Waals surface area contributed by atoms with Gasteiger partial charge in [0.25, 0.3) is 0 Å². The fourth-order valence-corrected chi connectivity index (χ4v) is 1.91. The van der Waals surface area contributed by atoms with Gasteiger partial charge in [-0.3, -0.25) is 9.59 Å². The Bertz CT molecular complexity index is 703. The SMILES string of the molecule is COc1cc(NC(=O)C(=O)NC(C)(C)C)ccc1-c1cocn1. The Kier molecular flexibility index (Phi) is 4.68. The van der Waals surface area contributed by atoms with E-state index >= 15 is 0 Å². The third-order valence-corrected chi connectivity index (χ3v) is 2.86. The number of carbonyl (C=O) groups is 2. The van der Waals surface area contributed by atoms with Crippen LogP contribution in [0.3, 0.4) is 0 Å². The number of aromatic nitrogens is 1. The Hall–Kier alpha value is -2.83. The van der Waals surface area contributed by atoms with E-state index in [1.807, 2.05) is 0 Å². The van der Waals surface area contributed by atoms with Crippen molar-refractivity contribution in [2.24, 2.45) is 0 Å². The smallest absolute Gasteiger partial charge is 0.313 e. The summed E-state index contributed by atoms with van der Waals surface area (Å²) < 4.78 is 10.3. The van der Waals surface area contributed by atoms with Gasteiger partial charge in [-0.15, -0.1) is 0 Å². The maximum atomic E-state index is 11.9. The topological polar surface area (TPSA) is 93.5 Å². The molecule has 1 heterocycles. The molecule has 7 heteroatoms. The Morgan fingerprint density at radius 2 is 1.96 bits per heavy atom. The molecular formula is C16H19N3O4. The molecule has 23 heavy (non-hydrogen) atoms. The van der Waals surface area contributed by atoms with E-state index in [0.29, 0.717) is 17.1 Å². The van der Waals surface area contributed by atoms with E-state index in [-0.39, 0.29) is 0 Å². The third-order valence-electron chi connectivity index (χ3n) is 2.86. The molecule has 1 aromatic carbocycles. The number of hydrogen-bond donors (Lipinski definition) is 2. The summed E-state index contributed by atoms with van der Waals surface area (Å²) in [6.45, 7) is 5.40. The predicted molar refractivity (Wildman–Crippen MR) is 85.0 cm³/mol. The van der Waals surface area contributed by atoms with Crippen molar-refractivity contribution in [2.75, 3.05) is 12.4 Å². The van der Waals surface area contributed by atoms with Gasteiger partial charge < -0.3 is 19.8 Å². The van der Waals surface area contributed by atoms with E-state index in [9.17, 15) is 9.59 Å². The molecule has 2 aromatic rings. The van der Waals surface area contributed by atoms with Crippen LogP contribution in [0.1, 0.15) is 20.8 Å². The average molecular weight is 317 g/mol. The lowest BCUT2D eigenvalue weighted by atomic mass is 10.1. The Balaban J connectivity index is 2.15. The highest BCUT2D eigenvalue weighted by molar-refractivity contribution is 6.39. The molecule has 0 bridgehead atoms. The van der Waals surface area contributed by atoms with Crippen molar-refractivity contribution >= 4 is 17.5 Å². The minimum atomic E-state index is -0.740. The van der Waals surface area contributed by atoms with E-state index in [0.717, 1.165) is 5.56 Å². The molecular weight excluding hydrogens is 298 g/mol. The van der Waals surface area contributed by atoms with Gasteiger partial charge in [-0.05, 0) is 32.9 Å². The summed E-state index contributed by atoms with van der Waals surface area (Å²) in [5.74, 6) is -0.930. The summed E-state index contributed by atoms with van der Waals surface area (Å²) in [7, 11) is 1.51. The lowest BCUT2D eigenvalue weighted by Gasteiger charge is -2.20. The van der Waals surface area contributed by atoms with Crippen LogP contribution in [0, 0.1) is 0 Å². The number of hydrogen-bond acceptors (Lipinski definition) is 5. The number of amides is 2. The van der Waals surface area contributed by atoms with E-state index in [2.05, 4.69) is 15.6 Å². The molecule has 2 rings (SSSR count). The van der Waals surface area contributed by atoms with Gasteiger partial charge in [0.1, 0.15) is 17.7 Å². The number of oxazole rings is 1. The number of ether oxygens (including phenoxy) is 1. The standard InChI is InChI=1S/C16H19N3O4/c1-16(2,3)19-15(21)14(20)18-10-5-6-11(13(7-10)22-4)12-8-23-9-17-12/h5-9H,1-4H3,(H,18,20)(H,19,21). The lowest BCUT2D eigenvalue weighted by Crippen LogP contribution is -2.46. The van der Waals surface area contributed by atoms with E-state index < -0.39 is 17.4 Å². The summed E-state index contributed by atoms with van der Waals surface area (Å²) in [5, 5.41) is 5.13. The predicted octanol–water partition coefficient (Wildman–Crippen LogP) is 2.20. The summed E-state index contributed by atoms with van der Waals surface area (Å²) in [6, 6.07) is 5.01. The summed E-state index contributed by atoms with van der Waals surface area (Å²) in [6.07, 6.45) is 2.81. The molecule has 0 unspecified atom stereocenters. The molecule has 0 aliphatic rings. The molecule has 0 aliphatic carbocycles. The molecule has 122 valence electrons. The van der Waals surface area contributed by atoms with Gasteiger partial charge in [-0.1, -0.05) is 0 Å². The first-order valence-electron chi connectivity index (χ1n) is 7.00. The van der Waals surface area contributed by atoms with Gasteiger partial charge in [-0.25, -0.2) is 4.98 Å². The molecule has 2 N–H and O–H groups in total. The first kappa shape index (κ1) is 16.5. The van der Waals surface area contributed by atoms with Crippen LogP contribution in [-0.4, -0.2) is 29.4 Å². The fraction of sp³-hybridized carbons (Fsp3) is 0.312. The number of methoxy groups -OCH3 is 1. The van der Waals surface area contributed by atoms with Crippen LogP contribution in [0.25, 0.3) is 11.3 Å². The summed E-state index contributed by atoms with van der Waals surface area (Å²) >= 11 is 0. The van der Waals surface area contributed by atoms with Gasteiger partial charge in [0, 0.05) is 22.9 Å². The molecule has 0 saturated heterocycles. The molecule has 0 saturated carbocycles. The second-order valence-corrected chi connectivity index (χ2v) is 5.95. The fourth-order valence-electron chi connectivity index (χ4n) is 1.91. The molecule has 0 aliphatic heterocycles. The van der Waals surface area contributed by atoms with Crippen LogP contribution < -0.4 is 15.4 Å². The summed E-state index contributed by atoms with van der Waals surface area (Å²) in [4.78, 5) is 27.8. The highest BCUT2D eigenvalue weighted by Gasteiger charge is 2.20. The average Bonchev–Trinajstić information content (AvgIpc) is 2.99. The van der Waals surface area contributed by atoms with Gasteiger partial charge in [0.2, 0.25) is 0 Å². The van der Waals surface area contributed by atoms with Crippen LogP contribution in [0.15, 0.2) is 35.3 Å². The van der Waals surface area contributed by atoms with Crippen molar-refractivity contribution in [3.8, 4) is 17.0 Å². The van der Waals surface area contributed by atoms with Crippen LogP contribution in [0.4, 0.5) is 5.69 Å². The zero-order valence-corrected chi connectivity index (χ0v) is 13.5. The van der Waals surface area contributed by atoms with Crippen LogP contribution in [0.5, 0.6) is 5.75 Å². The number of nitrogens with zero attached hydrogens (tertiary/aromatic N) is 1. The number of benzene rings is 1. The number of anilines is 1. The van der Waals surface area contributed by atoms with Crippen LogP contribution >= 0.6 is 0 Å². The van der Waals surface area contributed by atoms with Crippen LogP contribution in [-0.2, 0) is 9.59 Å². The molecule has 0 fully saturated rings. The number of rotatable bonds is 3. The minimum Gasteiger partial charge on any atom is -0.496 e. The second-order valence-electron chi connectivity index (χ2n) is 5.95. The molecule has 2 amide bonds. The number of carbonyl (C=O) groups excluding carboxylic acids is 2. The Morgan fingerprint density at radius 1 is 1.22 bits per heavy atom. The van der Waals surface area contributed by atoms with Gasteiger partial charge in [0.15, 0.2) is 6.39 Å². The maximum Gasteiger partial charge on any atom is 0.313 e. The minimum absolute atomic E-state index is 0.447. The van der Waals surface area contributed by atoms with Crippen molar-refractivity contribution < 1.29 is 18.7 Å². The van der Waals surface area contributed by atoms with Crippen molar-refractivity contribution in [3.63, 3.8) is 0 Å². The zero-order valence-electron chi connectivity index (χ0n) is 13.5. The molecule has 0 spiro atoms. The first-order valence-corrected chi connectivity index (χ1v) is 7.00. The molecule has 7 nitrogen and oxygen atoms in total. The van der Waals surface area contributed by atoms with Crippen molar-refractivity contribution in [2.45, 2.75) is 26.3 Å². The van der Waals surface area contributed by atoms with E-state index in [4.69, 9.17) is 9.15 Å². The monoisotopic (exact) mass is 317 g/mol. The summed E-state index contributed by atoms with van der Waals surface area (Å²) in [5.41, 5.74) is 1.30. The maximum absolute atomic E-state index is 11.9. The largest absolute Gasteiger partial charge is 0.496 e. The van der Waals surface area contributed by atoms with Crippen molar-refractivity contribution in [1.82, 2.24) is 10.3 Å². The normalized spacial score (nSPS) is 11.0. The first-order chi connectivity index (χ1) is 10.8.